The summed E-state index contributed by atoms with van der Waals surface area (Å²) >= 11 is 1.54. The summed E-state index contributed by atoms with van der Waals surface area (Å²) in [4.78, 5) is 36.6. The zero-order valence-electron chi connectivity index (χ0n) is 17.7. The van der Waals surface area contributed by atoms with Crippen molar-refractivity contribution in [2.24, 2.45) is 5.92 Å². The van der Waals surface area contributed by atoms with Crippen LogP contribution in [-0.2, 0) is 16.1 Å². The van der Waals surface area contributed by atoms with Crippen LogP contribution in [0.2, 0.25) is 0 Å². The summed E-state index contributed by atoms with van der Waals surface area (Å²) in [5.41, 5.74) is 0.998. The van der Waals surface area contributed by atoms with Gasteiger partial charge in [-0.15, -0.1) is 11.3 Å². The third kappa shape index (κ3) is 5.39. The molecule has 0 saturated carbocycles. The van der Waals surface area contributed by atoms with E-state index in [0.717, 1.165) is 47.6 Å². The van der Waals surface area contributed by atoms with Crippen LogP contribution in [0.3, 0.4) is 0 Å². The highest BCUT2D eigenvalue weighted by molar-refractivity contribution is 7.21. The second kappa shape index (κ2) is 10.2. The number of ether oxygens (including phenoxy) is 1. The Bertz CT molecular complexity index is 1070. The van der Waals surface area contributed by atoms with E-state index in [1.807, 2.05) is 36.4 Å². The first-order valence-electron chi connectivity index (χ1n) is 10.7. The summed E-state index contributed by atoms with van der Waals surface area (Å²) in [6.45, 7) is 3.54. The third-order valence-electron chi connectivity index (χ3n) is 5.67. The van der Waals surface area contributed by atoms with Crippen molar-refractivity contribution in [3.05, 3.63) is 52.6 Å². The van der Waals surface area contributed by atoms with Crippen molar-refractivity contribution in [3.63, 3.8) is 0 Å². The first-order valence-corrected chi connectivity index (χ1v) is 11.5. The average Bonchev–Trinajstić information content (AvgIpc) is 3.23. The Labute approximate surface area is 185 Å². The van der Waals surface area contributed by atoms with Crippen LogP contribution in [0.5, 0.6) is 0 Å². The summed E-state index contributed by atoms with van der Waals surface area (Å²) in [6, 6.07) is 12.0. The number of carbonyl (C=O) groups excluding carboxylic acids is 1. The fourth-order valence-electron chi connectivity index (χ4n) is 3.93. The van der Waals surface area contributed by atoms with Crippen molar-refractivity contribution in [2.75, 3.05) is 33.4 Å². The Morgan fingerprint density at radius 2 is 2.06 bits per heavy atom. The minimum absolute atomic E-state index is 0.0546. The number of hydrogen-bond acceptors (Lipinski definition) is 6. The lowest BCUT2D eigenvalue weighted by Gasteiger charge is -2.30. The Morgan fingerprint density at radius 1 is 1.29 bits per heavy atom. The van der Waals surface area contributed by atoms with E-state index in [-0.39, 0.29) is 17.4 Å². The number of likely N-dealkylation sites (tertiary alicyclic amines) is 1. The van der Waals surface area contributed by atoms with E-state index in [4.69, 9.17) is 9.72 Å². The smallest absolute Gasteiger partial charge is 0.259 e. The van der Waals surface area contributed by atoms with Crippen molar-refractivity contribution in [1.82, 2.24) is 20.2 Å². The van der Waals surface area contributed by atoms with Crippen molar-refractivity contribution in [2.45, 2.75) is 25.8 Å². The fourth-order valence-corrected chi connectivity index (χ4v) is 4.99. The fraction of sp³-hybridized carbons (Fsp3) is 0.435. The first-order chi connectivity index (χ1) is 15.1. The zero-order chi connectivity index (χ0) is 21.6. The van der Waals surface area contributed by atoms with Crippen molar-refractivity contribution >= 4 is 27.5 Å². The normalized spacial score (nSPS) is 15.4. The lowest BCUT2D eigenvalue weighted by atomic mass is 9.96. The molecular formula is C23H28N4O3S. The number of nitrogens with zero attached hydrogens (tertiary/aromatic N) is 2. The number of hydrogen-bond donors (Lipinski definition) is 2. The van der Waals surface area contributed by atoms with Crippen LogP contribution in [0.1, 0.15) is 25.1 Å². The number of benzene rings is 1. The Balaban J connectivity index is 1.36. The molecule has 0 radical (unpaired) electrons. The van der Waals surface area contributed by atoms with Gasteiger partial charge in [0.1, 0.15) is 10.7 Å². The van der Waals surface area contributed by atoms with Crippen LogP contribution in [0.4, 0.5) is 0 Å². The van der Waals surface area contributed by atoms with Crippen molar-refractivity contribution in [1.29, 1.82) is 0 Å². The highest BCUT2D eigenvalue weighted by Crippen LogP contribution is 2.30. The standard InChI is InChI=1S/C23H28N4O3S/c1-30-13-5-10-24-21(28)17-8-11-27(12-9-17)15-20-25-22(29)18-14-19(31-23(18)26-20)16-6-3-2-4-7-16/h2-4,6-7,14,17H,5,8-13,15H2,1H3,(H,24,28)(H,25,26,29). The van der Waals surface area contributed by atoms with Crippen LogP contribution in [0.25, 0.3) is 20.7 Å². The van der Waals surface area contributed by atoms with Gasteiger partial charge in [0.2, 0.25) is 5.91 Å². The predicted octanol–water partition coefficient (Wildman–Crippen LogP) is 3.02. The number of nitrogens with one attached hydrogen (secondary N) is 2. The molecule has 0 unspecified atom stereocenters. The first kappa shape index (κ1) is 21.7. The number of methoxy groups -OCH3 is 1. The van der Waals surface area contributed by atoms with Gasteiger partial charge in [-0.3, -0.25) is 14.5 Å². The van der Waals surface area contributed by atoms with Crippen LogP contribution in [0, 0.1) is 5.92 Å². The topological polar surface area (TPSA) is 87.3 Å². The molecule has 1 aromatic carbocycles. The molecule has 0 aliphatic carbocycles. The number of rotatable bonds is 8. The maximum absolute atomic E-state index is 12.6. The van der Waals surface area contributed by atoms with Gasteiger partial charge in [-0.2, -0.15) is 0 Å². The molecule has 1 amide bonds. The number of aromatic amines is 1. The summed E-state index contributed by atoms with van der Waals surface area (Å²) in [5, 5.41) is 3.63. The third-order valence-corrected chi connectivity index (χ3v) is 6.74. The molecular weight excluding hydrogens is 412 g/mol. The van der Waals surface area contributed by atoms with Crippen LogP contribution >= 0.6 is 11.3 Å². The highest BCUT2D eigenvalue weighted by Gasteiger charge is 2.25. The number of amides is 1. The number of fused-ring (bicyclic) bond motifs is 1. The minimum Gasteiger partial charge on any atom is -0.385 e. The van der Waals surface area contributed by atoms with E-state index >= 15 is 0 Å². The van der Waals surface area contributed by atoms with Crippen molar-refractivity contribution < 1.29 is 9.53 Å². The molecule has 164 valence electrons. The summed E-state index contributed by atoms with van der Waals surface area (Å²) in [5.74, 6) is 0.871. The predicted molar refractivity (Wildman–Crippen MR) is 123 cm³/mol. The van der Waals surface area contributed by atoms with E-state index in [0.29, 0.717) is 30.9 Å². The minimum atomic E-state index is -0.0937. The van der Waals surface area contributed by atoms with Gasteiger partial charge in [-0.05, 0) is 44.0 Å². The molecule has 1 saturated heterocycles. The maximum Gasteiger partial charge on any atom is 0.259 e. The van der Waals surface area contributed by atoms with Crippen LogP contribution < -0.4 is 10.9 Å². The molecule has 3 aromatic rings. The van der Waals surface area contributed by atoms with Gasteiger partial charge in [-0.25, -0.2) is 4.98 Å². The van der Waals surface area contributed by atoms with E-state index in [1.54, 1.807) is 18.4 Å². The molecule has 7 nitrogen and oxygen atoms in total. The molecule has 4 rings (SSSR count). The Kier molecular flexibility index (Phi) is 7.11. The molecule has 1 aliphatic rings. The molecule has 31 heavy (non-hydrogen) atoms. The number of thiophene rings is 1. The number of aromatic nitrogens is 2. The van der Waals surface area contributed by atoms with Gasteiger partial charge in [0.15, 0.2) is 0 Å². The molecule has 0 bridgehead atoms. The molecule has 2 aromatic heterocycles. The van der Waals surface area contributed by atoms with Gasteiger partial charge < -0.3 is 15.0 Å². The number of carbonyl (C=O) groups is 1. The maximum atomic E-state index is 12.6. The monoisotopic (exact) mass is 440 g/mol. The number of H-pyrrole nitrogens is 1. The van der Waals surface area contributed by atoms with Crippen LogP contribution in [-0.4, -0.2) is 54.1 Å². The Hall–Kier alpha value is -2.55. The second-order valence-corrected chi connectivity index (χ2v) is 8.93. The molecule has 0 atom stereocenters. The van der Waals surface area contributed by atoms with Gasteiger partial charge in [0.25, 0.3) is 5.56 Å². The SMILES string of the molecule is COCCCNC(=O)C1CCN(Cc2nc3sc(-c4ccccc4)cc3c(=O)[nH]2)CC1. The molecule has 2 N–H and O–H groups in total. The molecule has 0 spiro atoms. The van der Waals surface area contributed by atoms with Crippen LogP contribution in [0.15, 0.2) is 41.2 Å². The molecule has 1 fully saturated rings. The molecule has 3 heterocycles. The molecule has 8 heteroatoms. The quantitative estimate of drug-likeness (QED) is 0.526. The summed E-state index contributed by atoms with van der Waals surface area (Å²) in [7, 11) is 1.66. The van der Waals surface area contributed by atoms with Gasteiger partial charge in [0.05, 0.1) is 11.9 Å². The van der Waals surface area contributed by atoms with Crippen molar-refractivity contribution in [3.8, 4) is 10.4 Å². The van der Waals surface area contributed by atoms with E-state index < -0.39 is 0 Å². The average molecular weight is 441 g/mol. The highest BCUT2D eigenvalue weighted by atomic mass is 32.1. The summed E-state index contributed by atoms with van der Waals surface area (Å²) in [6.07, 6.45) is 2.47. The van der Waals surface area contributed by atoms with Gasteiger partial charge in [-0.1, -0.05) is 30.3 Å². The molecule has 1 aliphatic heterocycles. The second-order valence-electron chi connectivity index (χ2n) is 7.90. The summed E-state index contributed by atoms with van der Waals surface area (Å²) < 4.78 is 5.01. The van der Waals surface area contributed by atoms with E-state index in [1.165, 1.54) is 0 Å². The number of piperidine rings is 1. The van der Waals surface area contributed by atoms with Gasteiger partial charge in [0, 0.05) is 31.1 Å². The Morgan fingerprint density at radius 3 is 2.81 bits per heavy atom. The lowest BCUT2D eigenvalue weighted by molar-refractivity contribution is -0.126. The van der Waals surface area contributed by atoms with E-state index in [9.17, 15) is 9.59 Å². The van der Waals surface area contributed by atoms with Gasteiger partial charge >= 0.3 is 0 Å². The zero-order valence-corrected chi connectivity index (χ0v) is 18.5. The largest absolute Gasteiger partial charge is 0.385 e. The lowest BCUT2D eigenvalue weighted by Crippen LogP contribution is -2.40. The van der Waals surface area contributed by atoms with E-state index in [2.05, 4.69) is 15.2 Å².